The van der Waals surface area contributed by atoms with Crippen LogP contribution in [-0.2, 0) is 0 Å². The molecule has 1 aromatic heterocycles. The van der Waals surface area contributed by atoms with Crippen LogP contribution >= 0.6 is 0 Å². The van der Waals surface area contributed by atoms with Crippen LogP contribution in [0.4, 0.5) is 8.78 Å². The number of hydrogen-bond acceptors (Lipinski definition) is 2. The molecule has 0 aliphatic rings. The number of aromatic nitrogens is 2. The predicted octanol–water partition coefficient (Wildman–Crippen LogP) is 2.10. The zero-order valence-electron chi connectivity index (χ0n) is 7.74. The molecule has 0 aromatic carbocycles. The first-order valence-electron chi connectivity index (χ1n) is 4.04. The summed E-state index contributed by atoms with van der Waals surface area (Å²) in [6, 6.07) is -0.285. The van der Waals surface area contributed by atoms with Gasteiger partial charge in [-0.1, -0.05) is 0 Å². The standard InChI is InChI=1S/C8H10F2N2O2/c1-4(2)12-6(7(9)10)5(3-11-12)8(13)14/h3-4,7H,1-2H3,(H,13,14). The highest BCUT2D eigenvalue weighted by Crippen LogP contribution is 2.25. The third-order valence-corrected chi connectivity index (χ3v) is 1.76. The summed E-state index contributed by atoms with van der Waals surface area (Å²) in [6.07, 6.45) is -1.88. The molecule has 1 aromatic rings. The molecular formula is C8H10F2N2O2. The Morgan fingerprint density at radius 3 is 2.50 bits per heavy atom. The fourth-order valence-electron chi connectivity index (χ4n) is 1.17. The first-order chi connectivity index (χ1) is 6.45. The van der Waals surface area contributed by atoms with Gasteiger partial charge in [-0.3, -0.25) is 4.68 Å². The van der Waals surface area contributed by atoms with Crippen LogP contribution in [0.25, 0.3) is 0 Å². The van der Waals surface area contributed by atoms with E-state index >= 15 is 0 Å². The Morgan fingerprint density at radius 2 is 2.14 bits per heavy atom. The molecule has 0 saturated carbocycles. The van der Waals surface area contributed by atoms with Crippen LogP contribution in [0.1, 0.15) is 42.4 Å². The molecule has 1 heterocycles. The maximum absolute atomic E-state index is 12.5. The molecule has 0 fully saturated rings. The average Bonchev–Trinajstić information content (AvgIpc) is 2.46. The van der Waals surface area contributed by atoms with E-state index in [1.807, 2.05) is 0 Å². The van der Waals surface area contributed by atoms with Crippen LogP contribution in [0.3, 0.4) is 0 Å². The molecule has 0 atom stereocenters. The van der Waals surface area contributed by atoms with Crippen LogP contribution in [0.2, 0.25) is 0 Å². The molecule has 0 unspecified atom stereocenters. The number of rotatable bonds is 3. The molecule has 0 saturated heterocycles. The molecular weight excluding hydrogens is 194 g/mol. The van der Waals surface area contributed by atoms with Crippen LogP contribution in [0, 0.1) is 0 Å². The van der Waals surface area contributed by atoms with Crippen LogP contribution in [0.15, 0.2) is 6.20 Å². The van der Waals surface area contributed by atoms with Crippen molar-refractivity contribution in [1.82, 2.24) is 9.78 Å². The summed E-state index contributed by atoms with van der Waals surface area (Å²) < 4.78 is 26.1. The SMILES string of the molecule is CC(C)n1ncc(C(=O)O)c1C(F)F. The van der Waals surface area contributed by atoms with Gasteiger partial charge < -0.3 is 5.11 Å². The summed E-state index contributed by atoms with van der Waals surface area (Å²) in [5.41, 5.74) is -0.971. The largest absolute Gasteiger partial charge is 0.478 e. The zero-order chi connectivity index (χ0) is 10.9. The van der Waals surface area contributed by atoms with Crippen molar-refractivity contribution in [3.05, 3.63) is 17.5 Å². The normalized spacial score (nSPS) is 11.3. The topological polar surface area (TPSA) is 55.1 Å². The van der Waals surface area contributed by atoms with Gasteiger partial charge in [-0.25, -0.2) is 13.6 Å². The lowest BCUT2D eigenvalue weighted by atomic mass is 10.2. The Hall–Kier alpha value is -1.46. The molecule has 0 amide bonds. The minimum Gasteiger partial charge on any atom is -0.478 e. The number of aromatic carboxylic acids is 1. The Bertz CT molecular complexity index is 347. The van der Waals surface area contributed by atoms with Crippen molar-refractivity contribution in [2.24, 2.45) is 0 Å². The van der Waals surface area contributed by atoms with Gasteiger partial charge in [-0.15, -0.1) is 0 Å². The van der Waals surface area contributed by atoms with E-state index in [1.54, 1.807) is 13.8 Å². The zero-order valence-corrected chi connectivity index (χ0v) is 7.74. The number of nitrogens with zero attached hydrogens (tertiary/aromatic N) is 2. The lowest BCUT2D eigenvalue weighted by Gasteiger charge is -2.10. The van der Waals surface area contributed by atoms with Gasteiger partial charge in [0.15, 0.2) is 0 Å². The quantitative estimate of drug-likeness (QED) is 0.820. The van der Waals surface area contributed by atoms with Crippen molar-refractivity contribution in [3.63, 3.8) is 0 Å². The van der Waals surface area contributed by atoms with E-state index in [-0.39, 0.29) is 6.04 Å². The van der Waals surface area contributed by atoms with Crippen molar-refractivity contribution in [1.29, 1.82) is 0 Å². The number of carboxylic acids is 1. The fraction of sp³-hybridized carbons (Fsp3) is 0.500. The monoisotopic (exact) mass is 204 g/mol. The molecule has 78 valence electrons. The van der Waals surface area contributed by atoms with Crippen LogP contribution in [-0.4, -0.2) is 20.9 Å². The van der Waals surface area contributed by atoms with Gasteiger partial charge >= 0.3 is 5.97 Å². The Morgan fingerprint density at radius 1 is 1.57 bits per heavy atom. The number of carboxylic acid groups (broad SMARTS) is 1. The number of alkyl halides is 2. The molecule has 1 rings (SSSR count). The van der Waals surface area contributed by atoms with E-state index in [4.69, 9.17) is 5.11 Å². The van der Waals surface area contributed by atoms with Crippen LogP contribution in [0.5, 0.6) is 0 Å². The third kappa shape index (κ3) is 1.73. The molecule has 6 heteroatoms. The summed E-state index contributed by atoms with van der Waals surface area (Å²) in [5, 5.41) is 12.2. The van der Waals surface area contributed by atoms with Gasteiger partial charge in [0.1, 0.15) is 11.3 Å². The minimum absolute atomic E-state index is 0.285. The van der Waals surface area contributed by atoms with E-state index in [9.17, 15) is 13.6 Å². The first kappa shape index (κ1) is 10.6. The number of hydrogen-bond donors (Lipinski definition) is 1. The van der Waals surface area contributed by atoms with Gasteiger partial charge in [0, 0.05) is 6.04 Å². The number of carbonyl (C=O) groups is 1. The van der Waals surface area contributed by atoms with Crippen molar-refractivity contribution >= 4 is 5.97 Å². The Balaban J connectivity index is 3.27. The molecule has 0 aliphatic carbocycles. The molecule has 4 nitrogen and oxygen atoms in total. The summed E-state index contributed by atoms with van der Waals surface area (Å²) >= 11 is 0. The second-order valence-electron chi connectivity index (χ2n) is 3.09. The molecule has 0 bridgehead atoms. The fourth-order valence-corrected chi connectivity index (χ4v) is 1.17. The predicted molar refractivity (Wildman–Crippen MR) is 44.5 cm³/mol. The lowest BCUT2D eigenvalue weighted by Crippen LogP contribution is -2.10. The molecule has 0 radical (unpaired) electrons. The van der Waals surface area contributed by atoms with Gasteiger partial charge in [-0.05, 0) is 13.8 Å². The van der Waals surface area contributed by atoms with Crippen molar-refractivity contribution in [3.8, 4) is 0 Å². The first-order valence-corrected chi connectivity index (χ1v) is 4.04. The Labute approximate surface area is 79.2 Å². The maximum atomic E-state index is 12.5. The van der Waals surface area contributed by atoms with Crippen LogP contribution < -0.4 is 0 Å². The minimum atomic E-state index is -2.83. The van der Waals surface area contributed by atoms with Crippen molar-refractivity contribution in [2.75, 3.05) is 0 Å². The highest BCUT2D eigenvalue weighted by molar-refractivity contribution is 5.88. The van der Waals surface area contributed by atoms with E-state index in [0.717, 1.165) is 10.9 Å². The van der Waals surface area contributed by atoms with Crippen molar-refractivity contribution < 1.29 is 18.7 Å². The Kier molecular flexibility index (Phi) is 2.83. The second kappa shape index (κ2) is 3.73. The van der Waals surface area contributed by atoms with Gasteiger partial charge in [0.2, 0.25) is 0 Å². The highest BCUT2D eigenvalue weighted by Gasteiger charge is 2.24. The highest BCUT2D eigenvalue weighted by atomic mass is 19.3. The lowest BCUT2D eigenvalue weighted by molar-refractivity contribution is 0.0681. The van der Waals surface area contributed by atoms with Gasteiger partial charge in [-0.2, -0.15) is 5.10 Å². The molecule has 0 aliphatic heterocycles. The van der Waals surface area contributed by atoms with E-state index < -0.39 is 23.7 Å². The molecule has 1 N–H and O–H groups in total. The van der Waals surface area contributed by atoms with E-state index in [1.165, 1.54) is 0 Å². The summed E-state index contributed by atoms with van der Waals surface area (Å²) in [6.45, 7) is 3.31. The third-order valence-electron chi connectivity index (χ3n) is 1.76. The number of halogens is 2. The smallest absolute Gasteiger partial charge is 0.339 e. The summed E-state index contributed by atoms with van der Waals surface area (Å²) in [4.78, 5) is 10.6. The maximum Gasteiger partial charge on any atom is 0.339 e. The van der Waals surface area contributed by atoms with Gasteiger partial charge in [0.25, 0.3) is 6.43 Å². The molecule has 14 heavy (non-hydrogen) atoms. The summed E-state index contributed by atoms with van der Waals surface area (Å²) in [7, 11) is 0. The van der Waals surface area contributed by atoms with Crippen molar-refractivity contribution in [2.45, 2.75) is 26.3 Å². The summed E-state index contributed by atoms with van der Waals surface area (Å²) in [5.74, 6) is -1.38. The average molecular weight is 204 g/mol. The van der Waals surface area contributed by atoms with Gasteiger partial charge in [0.05, 0.1) is 6.20 Å². The van der Waals surface area contributed by atoms with E-state index in [2.05, 4.69) is 5.10 Å². The second-order valence-corrected chi connectivity index (χ2v) is 3.09. The molecule has 0 spiro atoms. The van der Waals surface area contributed by atoms with E-state index in [0.29, 0.717) is 0 Å².